The normalized spacial score (nSPS) is 52.3. The first-order chi connectivity index (χ1) is 6.72. The van der Waals surface area contributed by atoms with Gasteiger partial charge in [-0.2, -0.15) is 0 Å². The summed E-state index contributed by atoms with van der Waals surface area (Å²) in [5.41, 5.74) is 0.365. The van der Waals surface area contributed by atoms with E-state index >= 15 is 0 Å². The molecule has 0 aliphatic heterocycles. The largest absolute Gasteiger partial charge is 0.393 e. The van der Waals surface area contributed by atoms with Gasteiger partial charge in [-0.3, -0.25) is 0 Å². The Labute approximate surface area is 86.9 Å². The van der Waals surface area contributed by atoms with Gasteiger partial charge in [-0.05, 0) is 68.1 Å². The highest BCUT2D eigenvalue weighted by molar-refractivity contribution is 5.03. The highest BCUT2D eigenvalue weighted by Gasteiger charge is 2.53. The highest BCUT2D eigenvalue weighted by atomic mass is 16.3. The van der Waals surface area contributed by atoms with Crippen molar-refractivity contribution in [2.45, 2.75) is 58.0 Å². The second-order valence-corrected chi connectivity index (χ2v) is 6.20. The van der Waals surface area contributed by atoms with Crippen LogP contribution in [0, 0.1) is 23.2 Å². The highest BCUT2D eigenvalue weighted by Crippen LogP contribution is 2.61. The van der Waals surface area contributed by atoms with E-state index in [4.69, 9.17) is 0 Å². The average molecular weight is 194 g/mol. The van der Waals surface area contributed by atoms with Crippen molar-refractivity contribution in [2.75, 3.05) is 0 Å². The second-order valence-electron chi connectivity index (χ2n) is 6.20. The zero-order chi connectivity index (χ0) is 9.76. The summed E-state index contributed by atoms with van der Waals surface area (Å²) in [6.45, 7) is 2.14. The van der Waals surface area contributed by atoms with Crippen LogP contribution in [0.25, 0.3) is 0 Å². The molecule has 4 rings (SSSR count). The molecular formula is C13H22O. The third-order valence-electron chi connectivity index (χ3n) is 5.18. The average Bonchev–Trinajstić information content (AvgIpc) is 2.14. The van der Waals surface area contributed by atoms with Crippen molar-refractivity contribution in [1.29, 1.82) is 0 Å². The van der Waals surface area contributed by atoms with E-state index in [1.807, 2.05) is 0 Å². The lowest BCUT2D eigenvalue weighted by atomic mass is 9.48. The van der Waals surface area contributed by atoms with E-state index in [0.717, 1.165) is 24.2 Å². The Morgan fingerprint density at radius 1 is 1.07 bits per heavy atom. The lowest BCUT2D eigenvalue weighted by Gasteiger charge is -2.58. The summed E-state index contributed by atoms with van der Waals surface area (Å²) in [6, 6.07) is 0. The summed E-state index contributed by atoms with van der Waals surface area (Å²) in [5, 5.41) is 10.2. The molecule has 4 saturated carbocycles. The Bertz CT molecular complexity index is 198. The first-order valence-corrected chi connectivity index (χ1v) is 6.40. The monoisotopic (exact) mass is 194 g/mol. The summed E-state index contributed by atoms with van der Waals surface area (Å²) >= 11 is 0. The fourth-order valence-corrected chi connectivity index (χ4v) is 5.02. The molecule has 0 aromatic carbocycles. The molecule has 80 valence electrons. The van der Waals surface area contributed by atoms with E-state index in [2.05, 4.69) is 6.92 Å². The summed E-state index contributed by atoms with van der Waals surface area (Å²) < 4.78 is 0. The maximum atomic E-state index is 10.2. The van der Waals surface area contributed by atoms with Gasteiger partial charge in [0.25, 0.3) is 0 Å². The van der Waals surface area contributed by atoms with Crippen molar-refractivity contribution < 1.29 is 5.11 Å². The lowest BCUT2D eigenvalue weighted by molar-refractivity contribution is -0.120. The molecule has 4 aliphatic carbocycles. The summed E-state index contributed by atoms with van der Waals surface area (Å²) in [4.78, 5) is 0. The molecule has 0 amide bonds. The third-order valence-corrected chi connectivity index (χ3v) is 5.18. The topological polar surface area (TPSA) is 20.2 Å². The maximum Gasteiger partial charge on any atom is 0.0594 e. The number of hydrogen-bond donors (Lipinski definition) is 1. The second kappa shape index (κ2) is 2.98. The predicted octanol–water partition coefficient (Wildman–Crippen LogP) is 2.97. The molecule has 4 fully saturated rings. The Balaban J connectivity index is 1.87. The zero-order valence-corrected chi connectivity index (χ0v) is 9.21. The summed E-state index contributed by atoms with van der Waals surface area (Å²) in [5.74, 6) is 2.92. The third kappa shape index (κ3) is 1.18. The van der Waals surface area contributed by atoms with Gasteiger partial charge in [0, 0.05) is 0 Å². The van der Waals surface area contributed by atoms with Gasteiger partial charge in [0.05, 0.1) is 6.10 Å². The smallest absolute Gasteiger partial charge is 0.0594 e. The molecule has 1 nitrogen and oxygen atoms in total. The van der Waals surface area contributed by atoms with Crippen molar-refractivity contribution in [1.82, 2.24) is 0 Å². The van der Waals surface area contributed by atoms with Gasteiger partial charge in [-0.25, -0.2) is 0 Å². The van der Waals surface area contributed by atoms with E-state index in [9.17, 15) is 5.11 Å². The Hall–Kier alpha value is -0.0400. The Kier molecular flexibility index (Phi) is 1.96. The predicted molar refractivity (Wildman–Crippen MR) is 56.9 cm³/mol. The fourth-order valence-electron chi connectivity index (χ4n) is 5.02. The van der Waals surface area contributed by atoms with Crippen LogP contribution in [0.2, 0.25) is 0 Å². The van der Waals surface area contributed by atoms with E-state index in [1.165, 1.54) is 38.5 Å². The minimum Gasteiger partial charge on any atom is -0.393 e. The number of aliphatic hydroxyl groups excluding tert-OH is 1. The van der Waals surface area contributed by atoms with Crippen molar-refractivity contribution >= 4 is 0 Å². The quantitative estimate of drug-likeness (QED) is 0.716. The fraction of sp³-hybridized carbons (Fsp3) is 1.00. The number of hydrogen-bond acceptors (Lipinski definition) is 1. The van der Waals surface area contributed by atoms with Gasteiger partial charge >= 0.3 is 0 Å². The molecule has 1 unspecified atom stereocenters. The summed E-state index contributed by atoms with van der Waals surface area (Å²) in [7, 11) is 0. The number of aliphatic hydroxyl groups is 1. The Morgan fingerprint density at radius 2 is 1.50 bits per heavy atom. The van der Waals surface area contributed by atoms with Gasteiger partial charge in [0.15, 0.2) is 0 Å². The van der Waals surface area contributed by atoms with Crippen LogP contribution in [-0.2, 0) is 0 Å². The Morgan fingerprint density at radius 3 is 1.86 bits per heavy atom. The molecule has 0 aromatic heterocycles. The van der Waals surface area contributed by atoms with Gasteiger partial charge in [0.2, 0.25) is 0 Å². The van der Waals surface area contributed by atoms with Crippen molar-refractivity contribution in [3.8, 4) is 0 Å². The standard InChI is InChI=1S/C13H22O/c1-2-12(14)13-6-9-3-10(7-13)5-11(4-9)8-13/h9-12,14H,2-8H2,1H3. The molecule has 4 bridgehead atoms. The van der Waals surface area contributed by atoms with Gasteiger partial charge in [0.1, 0.15) is 0 Å². The molecule has 1 atom stereocenters. The zero-order valence-electron chi connectivity index (χ0n) is 9.21. The van der Waals surface area contributed by atoms with Crippen molar-refractivity contribution in [3.63, 3.8) is 0 Å². The molecule has 1 heteroatoms. The van der Waals surface area contributed by atoms with E-state index in [1.54, 1.807) is 0 Å². The first-order valence-electron chi connectivity index (χ1n) is 6.40. The first kappa shape index (κ1) is 9.21. The number of rotatable bonds is 2. The minimum absolute atomic E-state index is 0.00380. The van der Waals surface area contributed by atoms with Crippen LogP contribution in [0.4, 0.5) is 0 Å². The lowest BCUT2D eigenvalue weighted by Crippen LogP contribution is -2.51. The SMILES string of the molecule is CCC(O)C12CC3CC(CC(C3)C1)C2. The molecule has 0 heterocycles. The molecule has 0 aromatic rings. The van der Waals surface area contributed by atoms with E-state index in [-0.39, 0.29) is 6.10 Å². The van der Waals surface area contributed by atoms with Crippen LogP contribution < -0.4 is 0 Å². The van der Waals surface area contributed by atoms with Crippen molar-refractivity contribution in [2.24, 2.45) is 23.2 Å². The van der Waals surface area contributed by atoms with Gasteiger partial charge < -0.3 is 5.11 Å². The van der Waals surface area contributed by atoms with Gasteiger partial charge in [-0.1, -0.05) is 6.92 Å². The van der Waals surface area contributed by atoms with Crippen LogP contribution in [0.3, 0.4) is 0 Å². The van der Waals surface area contributed by atoms with E-state index in [0.29, 0.717) is 5.41 Å². The molecule has 0 saturated heterocycles. The van der Waals surface area contributed by atoms with Crippen molar-refractivity contribution in [3.05, 3.63) is 0 Å². The van der Waals surface area contributed by atoms with Crippen LogP contribution in [0.1, 0.15) is 51.9 Å². The molecule has 0 spiro atoms. The van der Waals surface area contributed by atoms with E-state index < -0.39 is 0 Å². The summed E-state index contributed by atoms with van der Waals surface area (Å²) in [6.07, 6.45) is 9.43. The molecule has 4 aliphatic rings. The molecular weight excluding hydrogens is 172 g/mol. The molecule has 0 radical (unpaired) electrons. The van der Waals surface area contributed by atoms with Crippen LogP contribution in [-0.4, -0.2) is 11.2 Å². The van der Waals surface area contributed by atoms with Gasteiger partial charge in [-0.15, -0.1) is 0 Å². The van der Waals surface area contributed by atoms with Crippen LogP contribution in [0.5, 0.6) is 0 Å². The molecule has 14 heavy (non-hydrogen) atoms. The maximum absolute atomic E-state index is 10.2. The minimum atomic E-state index is -0.00380. The van der Waals surface area contributed by atoms with Crippen LogP contribution >= 0.6 is 0 Å². The molecule has 1 N–H and O–H groups in total. The van der Waals surface area contributed by atoms with Crippen LogP contribution in [0.15, 0.2) is 0 Å².